The Bertz CT molecular complexity index is 698. The van der Waals surface area contributed by atoms with Crippen LogP contribution in [0.3, 0.4) is 0 Å². The fourth-order valence-corrected chi connectivity index (χ4v) is 2.89. The number of rotatable bonds is 3. The summed E-state index contributed by atoms with van der Waals surface area (Å²) in [4.78, 5) is 22.2. The molecule has 0 radical (unpaired) electrons. The van der Waals surface area contributed by atoms with E-state index in [9.17, 15) is 4.79 Å². The highest BCUT2D eigenvalue weighted by Gasteiger charge is 2.28. The van der Waals surface area contributed by atoms with Crippen molar-refractivity contribution in [3.05, 3.63) is 52.0 Å². The molecule has 114 valence electrons. The molecule has 0 saturated carbocycles. The van der Waals surface area contributed by atoms with Crippen LogP contribution in [0.2, 0.25) is 5.02 Å². The van der Waals surface area contributed by atoms with Crippen LogP contribution >= 0.6 is 27.5 Å². The number of nitrogens with zero attached hydrogens (tertiary/aromatic N) is 3. The van der Waals surface area contributed by atoms with Gasteiger partial charge in [-0.3, -0.25) is 14.8 Å². The van der Waals surface area contributed by atoms with Crippen LogP contribution in [0.25, 0.3) is 0 Å². The largest absolute Gasteiger partial charge is 0.487 e. The first-order valence-corrected chi connectivity index (χ1v) is 7.96. The van der Waals surface area contributed by atoms with Gasteiger partial charge in [0.1, 0.15) is 16.9 Å². The Morgan fingerprint density at radius 2 is 2.23 bits per heavy atom. The van der Waals surface area contributed by atoms with E-state index in [1.807, 2.05) is 0 Å². The molecule has 3 rings (SSSR count). The van der Waals surface area contributed by atoms with Gasteiger partial charge >= 0.3 is 0 Å². The molecule has 1 amide bonds. The molecule has 5 nitrogen and oxygen atoms in total. The van der Waals surface area contributed by atoms with Gasteiger partial charge in [0.25, 0.3) is 5.91 Å². The lowest BCUT2D eigenvalue weighted by Crippen LogP contribution is -2.31. The van der Waals surface area contributed by atoms with Crippen molar-refractivity contribution in [3.63, 3.8) is 0 Å². The van der Waals surface area contributed by atoms with Gasteiger partial charge in [-0.15, -0.1) is 0 Å². The third-order valence-electron chi connectivity index (χ3n) is 3.41. The normalized spacial score (nSPS) is 17.5. The van der Waals surface area contributed by atoms with Crippen molar-refractivity contribution >= 4 is 33.4 Å². The summed E-state index contributed by atoms with van der Waals surface area (Å²) >= 11 is 9.36. The van der Waals surface area contributed by atoms with E-state index in [1.165, 1.54) is 0 Å². The molecule has 22 heavy (non-hydrogen) atoms. The number of halogens is 2. The first kappa shape index (κ1) is 15.2. The molecule has 0 aromatic carbocycles. The Kier molecular flexibility index (Phi) is 4.59. The molecule has 0 bridgehead atoms. The van der Waals surface area contributed by atoms with Crippen LogP contribution < -0.4 is 4.74 Å². The maximum absolute atomic E-state index is 12.4. The van der Waals surface area contributed by atoms with Crippen molar-refractivity contribution < 1.29 is 9.53 Å². The van der Waals surface area contributed by atoms with Crippen LogP contribution in [-0.4, -0.2) is 40.0 Å². The van der Waals surface area contributed by atoms with E-state index in [1.54, 1.807) is 41.8 Å². The zero-order chi connectivity index (χ0) is 15.5. The molecule has 1 atom stereocenters. The van der Waals surface area contributed by atoms with Crippen LogP contribution in [-0.2, 0) is 0 Å². The zero-order valence-electron chi connectivity index (χ0n) is 11.6. The Balaban J connectivity index is 1.65. The first-order valence-electron chi connectivity index (χ1n) is 6.79. The average Bonchev–Trinajstić information content (AvgIpc) is 2.97. The van der Waals surface area contributed by atoms with E-state index in [2.05, 4.69) is 25.9 Å². The van der Waals surface area contributed by atoms with Crippen molar-refractivity contribution in [2.45, 2.75) is 12.5 Å². The molecular formula is C15H13BrClN3O2. The number of aromatic nitrogens is 2. The highest BCUT2D eigenvalue weighted by atomic mass is 79.9. The summed E-state index contributed by atoms with van der Waals surface area (Å²) in [7, 11) is 0. The first-order chi connectivity index (χ1) is 10.6. The van der Waals surface area contributed by atoms with Gasteiger partial charge in [-0.05, 0) is 22.0 Å². The Labute approximate surface area is 141 Å². The van der Waals surface area contributed by atoms with Crippen molar-refractivity contribution in [1.29, 1.82) is 0 Å². The number of ether oxygens (including phenoxy) is 1. The fraction of sp³-hybridized carbons (Fsp3) is 0.267. The Morgan fingerprint density at radius 1 is 1.36 bits per heavy atom. The summed E-state index contributed by atoms with van der Waals surface area (Å²) in [5.41, 5.74) is 0.567. The molecule has 1 fully saturated rings. The van der Waals surface area contributed by atoms with Gasteiger partial charge in [-0.2, -0.15) is 0 Å². The van der Waals surface area contributed by atoms with Gasteiger partial charge in [-0.1, -0.05) is 11.6 Å². The SMILES string of the molecule is O=C(c1cncc(Br)c1)N1CC[C@H](Oc2ccncc2Cl)C1. The van der Waals surface area contributed by atoms with Crippen molar-refractivity contribution in [1.82, 2.24) is 14.9 Å². The third-order valence-corrected chi connectivity index (χ3v) is 4.13. The predicted octanol–water partition coefficient (Wildman–Crippen LogP) is 3.19. The van der Waals surface area contributed by atoms with E-state index < -0.39 is 0 Å². The van der Waals surface area contributed by atoms with Gasteiger partial charge in [0.15, 0.2) is 0 Å². The second-order valence-electron chi connectivity index (χ2n) is 4.98. The molecule has 7 heteroatoms. The predicted molar refractivity (Wildman–Crippen MR) is 86.1 cm³/mol. The van der Waals surface area contributed by atoms with E-state index in [0.717, 1.165) is 10.9 Å². The smallest absolute Gasteiger partial charge is 0.255 e. The van der Waals surface area contributed by atoms with Crippen LogP contribution in [0.15, 0.2) is 41.4 Å². The summed E-state index contributed by atoms with van der Waals surface area (Å²) in [5, 5.41) is 0.475. The number of hydrogen-bond acceptors (Lipinski definition) is 4. The van der Waals surface area contributed by atoms with E-state index in [-0.39, 0.29) is 12.0 Å². The summed E-state index contributed by atoms with van der Waals surface area (Å²) in [6, 6.07) is 3.49. The molecular weight excluding hydrogens is 370 g/mol. The van der Waals surface area contributed by atoms with Crippen molar-refractivity contribution in [2.24, 2.45) is 0 Å². The lowest BCUT2D eigenvalue weighted by atomic mass is 10.2. The standard InChI is InChI=1S/C15H13BrClN3O2/c16-11-5-10(6-19-7-11)15(21)20-4-2-12(9-20)22-14-1-3-18-8-13(14)17/h1,3,5-8,12H,2,4,9H2/t12-/m0/s1. The molecule has 1 saturated heterocycles. The van der Waals surface area contributed by atoms with Gasteiger partial charge in [-0.25, -0.2) is 0 Å². The summed E-state index contributed by atoms with van der Waals surface area (Å²) in [5.74, 6) is 0.556. The molecule has 2 aromatic rings. The molecule has 0 spiro atoms. The Morgan fingerprint density at radius 3 is 3.00 bits per heavy atom. The van der Waals surface area contributed by atoms with E-state index in [4.69, 9.17) is 16.3 Å². The second kappa shape index (κ2) is 6.62. The maximum Gasteiger partial charge on any atom is 0.255 e. The quantitative estimate of drug-likeness (QED) is 0.818. The molecule has 0 N–H and O–H groups in total. The Hall–Kier alpha value is -1.66. The summed E-state index contributed by atoms with van der Waals surface area (Å²) < 4.78 is 6.64. The third kappa shape index (κ3) is 3.39. The molecule has 3 heterocycles. The summed E-state index contributed by atoms with van der Waals surface area (Å²) in [6.07, 6.45) is 7.10. The minimum Gasteiger partial charge on any atom is -0.487 e. The number of pyridine rings is 2. The second-order valence-corrected chi connectivity index (χ2v) is 6.30. The van der Waals surface area contributed by atoms with Gasteiger partial charge in [0, 0.05) is 48.3 Å². The minimum atomic E-state index is -0.0658. The molecule has 1 aliphatic rings. The van der Waals surface area contributed by atoms with Crippen molar-refractivity contribution in [3.8, 4) is 5.75 Å². The van der Waals surface area contributed by atoms with Gasteiger partial charge in [0.05, 0.1) is 12.1 Å². The van der Waals surface area contributed by atoms with Crippen LogP contribution in [0, 0.1) is 0 Å². The fourth-order valence-electron chi connectivity index (χ4n) is 2.36. The topological polar surface area (TPSA) is 55.3 Å². The average molecular weight is 383 g/mol. The number of carbonyl (C=O) groups excluding carboxylic acids is 1. The van der Waals surface area contributed by atoms with Crippen LogP contribution in [0.1, 0.15) is 16.8 Å². The van der Waals surface area contributed by atoms with Crippen LogP contribution in [0.4, 0.5) is 0 Å². The lowest BCUT2D eigenvalue weighted by molar-refractivity contribution is 0.0772. The number of likely N-dealkylation sites (tertiary alicyclic amines) is 1. The van der Waals surface area contributed by atoms with Gasteiger partial charge < -0.3 is 9.64 Å². The lowest BCUT2D eigenvalue weighted by Gasteiger charge is -2.17. The highest BCUT2D eigenvalue weighted by molar-refractivity contribution is 9.10. The van der Waals surface area contributed by atoms with Crippen molar-refractivity contribution in [2.75, 3.05) is 13.1 Å². The highest BCUT2D eigenvalue weighted by Crippen LogP contribution is 2.26. The number of amides is 1. The van der Waals surface area contributed by atoms with E-state index >= 15 is 0 Å². The minimum absolute atomic E-state index is 0.0410. The molecule has 1 aliphatic heterocycles. The maximum atomic E-state index is 12.4. The number of hydrogen-bond donors (Lipinski definition) is 0. The molecule has 0 aliphatic carbocycles. The molecule has 2 aromatic heterocycles. The van der Waals surface area contributed by atoms with E-state index in [0.29, 0.717) is 29.4 Å². The number of carbonyl (C=O) groups is 1. The summed E-state index contributed by atoms with van der Waals surface area (Å²) in [6.45, 7) is 1.18. The monoisotopic (exact) mass is 381 g/mol. The van der Waals surface area contributed by atoms with Gasteiger partial charge in [0.2, 0.25) is 0 Å². The zero-order valence-corrected chi connectivity index (χ0v) is 13.9. The van der Waals surface area contributed by atoms with Crippen LogP contribution in [0.5, 0.6) is 5.75 Å². The molecule has 0 unspecified atom stereocenters.